The number of rotatable bonds is 11. The predicted octanol–water partition coefficient (Wildman–Crippen LogP) is 3.93. The van der Waals surface area contributed by atoms with Gasteiger partial charge >= 0.3 is 0 Å². The zero-order valence-electron chi connectivity index (χ0n) is 21.3. The minimum Gasteiger partial charge on any atom is -0.352 e. The Morgan fingerprint density at radius 2 is 1.57 bits per heavy atom. The van der Waals surface area contributed by atoms with Crippen molar-refractivity contribution in [1.29, 1.82) is 0 Å². The van der Waals surface area contributed by atoms with Crippen LogP contribution in [-0.4, -0.2) is 50.0 Å². The van der Waals surface area contributed by atoms with Crippen LogP contribution in [0, 0.1) is 19.7 Å². The van der Waals surface area contributed by atoms with E-state index in [1.807, 2.05) is 33.8 Å². The Labute approximate surface area is 208 Å². The molecule has 0 fully saturated rings. The standard InChI is InChI=1S/C26H36FN3O4S/c1-7-20(5)28-26(32)24(8-2)29(16-21-9-11-22(27)12-10-21)25(31)17-30(35(6,33)34)23-14-18(3)13-19(4)15-23/h9-15,20,24H,7-8,16-17H2,1-6H3,(H,28,32)/t20-,24-/m0/s1. The number of hydrogen-bond acceptors (Lipinski definition) is 4. The Bertz CT molecular complexity index is 1120. The van der Waals surface area contributed by atoms with E-state index in [4.69, 9.17) is 0 Å². The molecule has 2 aromatic rings. The summed E-state index contributed by atoms with van der Waals surface area (Å²) in [7, 11) is -3.80. The third-order valence-electron chi connectivity index (χ3n) is 5.83. The van der Waals surface area contributed by atoms with Crippen LogP contribution in [0.4, 0.5) is 10.1 Å². The number of carbonyl (C=O) groups is 2. The first-order valence-corrected chi connectivity index (χ1v) is 13.6. The molecule has 0 aliphatic rings. The maximum atomic E-state index is 13.6. The number of carbonyl (C=O) groups excluding carboxylic acids is 2. The molecule has 7 nitrogen and oxygen atoms in total. The summed E-state index contributed by atoms with van der Waals surface area (Å²) in [5.41, 5.74) is 2.75. The van der Waals surface area contributed by atoms with Crippen LogP contribution in [0.2, 0.25) is 0 Å². The fourth-order valence-corrected chi connectivity index (χ4v) is 4.69. The van der Waals surface area contributed by atoms with E-state index in [1.165, 1.54) is 17.0 Å². The maximum absolute atomic E-state index is 13.6. The van der Waals surface area contributed by atoms with Crippen molar-refractivity contribution >= 4 is 27.5 Å². The van der Waals surface area contributed by atoms with Crippen LogP contribution in [0.5, 0.6) is 0 Å². The zero-order chi connectivity index (χ0) is 26.3. The zero-order valence-corrected chi connectivity index (χ0v) is 22.2. The summed E-state index contributed by atoms with van der Waals surface area (Å²) in [5, 5.41) is 2.92. The second-order valence-corrected chi connectivity index (χ2v) is 10.9. The Kier molecular flexibility index (Phi) is 9.82. The highest BCUT2D eigenvalue weighted by Gasteiger charge is 2.32. The van der Waals surface area contributed by atoms with Gasteiger partial charge in [-0.1, -0.05) is 32.0 Å². The van der Waals surface area contributed by atoms with Gasteiger partial charge in [0.15, 0.2) is 0 Å². The highest BCUT2D eigenvalue weighted by Crippen LogP contribution is 2.22. The van der Waals surface area contributed by atoms with Crippen molar-refractivity contribution in [3.05, 3.63) is 65.0 Å². The largest absolute Gasteiger partial charge is 0.352 e. The highest BCUT2D eigenvalue weighted by atomic mass is 32.2. The Hall–Kier alpha value is -2.94. The van der Waals surface area contributed by atoms with Crippen LogP contribution in [-0.2, 0) is 26.2 Å². The molecule has 0 saturated carbocycles. The number of amides is 2. The number of hydrogen-bond donors (Lipinski definition) is 1. The predicted molar refractivity (Wildman–Crippen MR) is 137 cm³/mol. The first-order chi connectivity index (χ1) is 16.3. The molecule has 2 atom stereocenters. The van der Waals surface area contributed by atoms with E-state index >= 15 is 0 Å². The van der Waals surface area contributed by atoms with E-state index < -0.39 is 34.3 Å². The molecular weight excluding hydrogens is 469 g/mol. The lowest BCUT2D eigenvalue weighted by Crippen LogP contribution is -2.53. The van der Waals surface area contributed by atoms with Gasteiger partial charge in [0, 0.05) is 12.6 Å². The van der Waals surface area contributed by atoms with Gasteiger partial charge in [0.1, 0.15) is 18.4 Å². The van der Waals surface area contributed by atoms with Gasteiger partial charge in [0.05, 0.1) is 11.9 Å². The molecule has 0 unspecified atom stereocenters. The van der Waals surface area contributed by atoms with Crippen molar-refractivity contribution in [3.8, 4) is 0 Å². The van der Waals surface area contributed by atoms with Crippen LogP contribution in [0.15, 0.2) is 42.5 Å². The normalized spacial score (nSPS) is 13.1. The van der Waals surface area contributed by atoms with E-state index in [2.05, 4.69) is 5.32 Å². The quantitative estimate of drug-likeness (QED) is 0.501. The second-order valence-electron chi connectivity index (χ2n) is 9.01. The van der Waals surface area contributed by atoms with Gasteiger partial charge in [-0.05, 0) is 74.6 Å². The van der Waals surface area contributed by atoms with Crippen LogP contribution in [0.25, 0.3) is 0 Å². The van der Waals surface area contributed by atoms with E-state index in [-0.39, 0.29) is 18.5 Å². The molecule has 0 saturated heterocycles. The van der Waals surface area contributed by atoms with E-state index in [0.717, 1.165) is 28.1 Å². The van der Waals surface area contributed by atoms with E-state index in [1.54, 1.807) is 31.2 Å². The van der Waals surface area contributed by atoms with Gasteiger partial charge in [-0.3, -0.25) is 13.9 Å². The van der Waals surface area contributed by atoms with Gasteiger partial charge in [0.2, 0.25) is 21.8 Å². The van der Waals surface area contributed by atoms with Crippen molar-refractivity contribution < 1.29 is 22.4 Å². The van der Waals surface area contributed by atoms with Crippen LogP contribution < -0.4 is 9.62 Å². The fourth-order valence-electron chi connectivity index (χ4n) is 3.86. The summed E-state index contributed by atoms with van der Waals surface area (Å²) >= 11 is 0. The second kappa shape index (κ2) is 12.2. The molecular formula is C26H36FN3O4S. The monoisotopic (exact) mass is 505 g/mol. The summed E-state index contributed by atoms with van der Waals surface area (Å²) < 4.78 is 39.9. The summed E-state index contributed by atoms with van der Waals surface area (Å²) in [6, 6.07) is 10.1. The van der Waals surface area contributed by atoms with Gasteiger partial charge in [-0.2, -0.15) is 0 Å². The molecule has 9 heteroatoms. The molecule has 0 aliphatic heterocycles. The first-order valence-electron chi connectivity index (χ1n) is 11.8. The summed E-state index contributed by atoms with van der Waals surface area (Å²) in [4.78, 5) is 28.1. The Morgan fingerprint density at radius 1 is 1.00 bits per heavy atom. The fraction of sp³-hybridized carbons (Fsp3) is 0.462. The lowest BCUT2D eigenvalue weighted by molar-refractivity contribution is -0.140. The molecule has 0 radical (unpaired) electrons. The van der Waals surface area contributed by atoms with Crippen LogP contribution >= 0.6 is 0 Å². The molecule has 2 rings (SSSR count). The number of benzene rings is 2. The van der Waals surface area contributed by atoms with Gasteiger partial charge in [-0.15, -0.1) is 0 Å². The molecule has 1 N–H and O–H groups in total. The number of nitrogens with zero attached hydrogens (tertiary/aromatic N) is 2. The molecule has 0 aromatic heterocycles. The molecule has 35 heavy (non-hydrogen) atoms. The number of halogens is 1. The summed E-state index contributed by atoms with van der Waals surface area (Å²) in [6.07, 6.45) is 2.11. The van der Waals surface area contributed by atoms with Gasteiger partial charge < -0.3 is 10.2 Å². The minimum absolute atomic E-state index is 0.0377. The van der Waals surface area contributed by atoms with Crippen LogP contribution in [0.1, 0.15) is 50.3 Å². The van der Waals surface area contributed by atoms with E-state index in [9.17, 15) is 22.4 Å². The third kappa shape index (κ3) is 8.06. The molecule has 0 bridgehead atoms. The van der Waals surface area contributed by atoms with Crippen molar-refractivity contribution in [2.45, 2.75) is 66.1 Å². The third-order valence-corrected chi connectivity index (χ3v) is 6.97. The SMILES string of the molecule is CC[C@H](C)NC(=O)[C@H](CC)N(Cc1ccc(F)cc1)C(=O)CN(c1cc(C)cc(C)c1)S(C)(=O)=O. The van der Waals surface area contributed by atoms with E-state index in [0.29, 0.717) is 17.7 Å². The summed E-state index contributed by atoms with van der Waals surface area (Å²) in [6.45, 7) is 8.90. The molecule has 0 spiro atoms. The molecule has 2 amide bonds. The molecule has 2 aromatic carbocycles. The van der Waals surface area contributed by atoms with Crippen molar-refractivity contribution in [2.75, 3.05) is 17.1 Å². The number of anilines is 1. The lowest BCUT2D eigenvalue weighted by Gasteiger charge is -2.33. The summed E-state index contributed by atoms with van der Waals surface area (Å²) in [5.74, 6) is -1.24. The number of nitrogens with one attached hydrogen (secondary N) is 1. The average Bonchev–Trinajstić information content (AvgIpc) is 2.76. The lowest BCUT2D eigenvalue weighted by atomic mass is 10.1. The molecule has 0 heterocycles. The van der Waals surface area contributed by atoms with Crippen molar-refractivity contribution in [3.63, 3.8) is 0 Å². The molecule has 0 aliphatic carbocycles. The molecule has 192 valence electrons. The number of aryl methyl sites for hydroxylation is 2. The Balaban J connectivity index is 2.46. The maximum Gasteiger partial charge on any atom is 0.244 e. The Morgan fingerprint density at radius 3 is 2.06 bits per heavy atom. The average molecular weight is 506 g/mol. The van der Waals surface area contributed by atoms with Crippen molar-refractivity contribution in [1.82, 2.24) is 10.2 Å². The first kappa shape index (κ1) is 28.3. The highest BCUT2D eigenvalue weighted by molar-refractivity contribution is 7.92. The number of sulfonamides is 1. The van der Waals surface area contributed by atoms with Crippen molar-refractivity contribution in [2.24, 2.45) is 0 Å². The topological polar surface area (TPSA) is 86.8 Å². The minimum atomic E-state index is -3.80. The van der Waals surface area contributed by atoms with Crippen LogP contribution in [0.3, 0.4) is 0 Å². The smallest absolute Gasteiger partial charge is 0.244 e. The van der Waals surface area contributed by atoms with Gasteiger partial charge in [0.25, 0.3) is 0 Å². The van der Waals surface area contributed by atoms with Gasteiger partial charge in [-0.25, -0.2) is 12.8 Å².